The van der Waals surface area contributed by atoms with Crippen LogP contribution in [-0.4, -0.2) is 47.0 Å². The van der Waals surface area contributed by atoms with Gasteiger partial charge in [0.05, 0.1) is 17.6 Å². The van der Waals surface area contributed by atoms with E-state index in [1.807, 2.05) is 18.2 Å². The number of carbonyl (C=O) groups excluding carboxylic acids is 2. The number of nitrogens with zero attached hydrogens (tertiary/aromatic N) is 2. The van der Waals surface area contributed by atoms with Gasteiger partial charge in [-0.15, -0.1) is 12.4 Å². The molecule has 178 valence electrons. The maximum absolute atomic E-state index is 13.8. The second kappa shape index (κ2) is 9.77. The molecule has 0 radical (unpaired) electrons. The number of alkyl halides is 3. The number of amides is 2. The summed E-state index contributed by atoms with van der Waals surface area (Å²) in [4.78, 5) is 28.5. The van der Waals surface area contributed by atoms with Gasteiger partial charge in [0.1, 0.15) is 6.04 Å². The van der Waals surface area contributed by atoms with Crippen LogP contribution in [-0.2, 0) is 22.4 Å². The summed E-state index contributed by atoms with van der Waals surface area (Å²) in [6.07, 6.45) is -1.54. The maximum Gasteiger partial charge on any atom is 0.414 e. The number of aromatic nitrogens is 1. The van der Waals surface area contributed by atoms with E-state index in [1.165, 1.54) is 23.9 Å². The molecule has 6 nitrogen and oxygen atoms in total. The lowest BCUT2D eigenvalue weighted by Gasteiger charge is -2.31. The Bertz CT molecular complexity index is 1030. The van der Waals surface area contributed by atoms with Crippen LogP contribution >= 0.6 is 24.0 Å². The Hall–Kier alpha value is -2.52. The monoisotopic (exact) mass is 502 g/mol. The summed E-state index contributed by atoms with van der Waals surface area (Å²) in [6.45, 7) is 0. The zero-order valence-electron chi connectivity index (χ0n) is 17.7. The van der Waals surface area contributed by atoms with E-state index in [-0.39, 0.29) is 42.9 Å². The molecule has 33 heavy (non-hydrogen) atoms. The van der Waals surface area contributed by atoms with E-state index in [1.54, 1.807) is 0 Å². The quantitative estimate of drug-likeness (QED) is 0.645. The van der Waals surface area contributed by atoms with Crippen LogP contribution in [0.3, 0.4) is 0 Å². The summed E-state index contributed by atoms with van der Waals surface area (Å²) in [5.74, 6) is -1.13. The minimum Gasteiger partial charge on any atom is -0.380 e. The van der Waals surface area contributed by atoms with Crippen LogP contribution in [0, 0.1) is 0 Å². The molecule has 2 N–H and O–H groups in total. The Morgan fingerprint density at radius 3 is 2.58 bits per heavy atom. The highest BCUT2D eigenvalue weighted by Crippen LogP contribution is 2.37. The predicted octanol–water partition coefficient (Wildman–Crippen LogP) is 4.08. The van der Waals surface area contributed by atoms with Gasteiger partial charge in [0.25, 0.3) is 0 Å². The van der Waals surface area contributed by atoms with E-state index in [4.69, 9.17) is 11.6 Å². The second-order valence-corrected chi connectivity index (χ2v) is 8.62. The van der Waals surface area contributed by atoms with E-state index >= 15 is 0 Å². The Kier molecular flexibility index (Phi) is 7.43. The number of halogens is 5. The first-order valence-corrected chi connectivity index (χ1v) is 10.6. The molecule has 1 saturated heterocycles. The summed E-state index contributed by atoms with van der Waals surface area (Å²) < 4.78 is 41.5. The lowest BCUT2D eigenvalue weighted by molar-refractivity contribution is -0.190. The van der Waals surface area contributed by atoms with Gasteiger partial charge in [-0.25, -0.2) is 0 Å². The third-order valence-electron chi connectivity index (χ3n) is 5.88. The van der Waals surface area contributed by atoms with Crippen molar-refractivity contribution in [2.45, 2.75) is 50.0 Å². The molecule has 1 aliphatic carbocycles. The lowest BCUT2D eigenvalue weighted by Crippen LogP contribution is -2.47. The highest BCUT2D eigenvalue weighted by Gasteiger charge is 2.47. The standard InChI is InChI=1S/C22H22ClF3N4O2.ClH/c1-30(21(32)18-6-7-19(31)29-18)20(22(24,25)26)17-5-4-15(11-27-17)28-16-9-12-2-3-14(23)8-13(12)10-16;/h2-5,8,11,16,18,20,28H,6-7,9-10H2,1H3,(H,29,31);1H/t16?,18?,20-;/m0./s1. The lowest BCUT2D eigenvalue weighted by atomic mass is 10.1. The molecule has 4 rings (SSSR count). The van der Waals surface area contributed by atoms with Gasteiger partial charge in [0.15, 0.2) is 6.04 Å². The Morgan fingerprint density at radius 1 is 1.24 bits per heavy atom. The van der Waals surface area contributed by atoms with Crippen molar-refractivity contribution in [1.29, 1.82) is 0 Å². The van der Waals surface area contributed by atoms with Crippen molar-refractivity contribution in [3.63, 3.8) is 0 Å². The van der Waals surface area contributed by atoms with Crippen molar-refractivity contribution in [3.8, 4) is 0 Å². The molecular weight excluding hydrogens is 480 g/mol. The van der Waals surface area contributed by atoms with Crippen molar-refractivity contribution in [3.05, 3.63) is 58.4 Å². The van der Waals surface area contributed by atoms with Crippen molar-refractivity contribution >= 4 is 41.5 Å². The Labute approximate surface area is 200 Å². The maximum atomic E-state index is 13.8. The average molecular weight is 503 g/mol. The number of benzene rings is 1. The Balaban J connectivity index is 0.00000306. The van der Waals surface area contributed by atoms with Crippen molar-refractivity contribution in [1.82, 2.24) is 15.2 Å². The molecule has 2 heterocycles. The first-order chi connectivity index (χ1) is 15.1. The Morgan fingerprint density at radius 2 is 1.97 bits per heavy atom. The van der Waals surface area contributed by atoms with Crippen LogP contribution in [0.1, 0.15) is 35.7 Å². The van der Waals surface area contributed by atoms with Crippen LogP contribution in [0.25, 0.3) is 0 Å². The minimum absolute atomic E-state index is 0. The number of anilines is 1. The van der Waals surface area contributed by atoms with Gasteiger partial charge in [0.2, 0.25) is 11.8 Å². The van der Waals surface area contributed by atoms with Crippen molar-refractivity contribution in [2.75, 3.05) is 12.4 Å². The van der Waals surface area contributed by atoms with E-state index in [0.717, 1.165) is 25.5 Å². The molecule has 2 amide bonds. The number of nitrogens with one attached hydrogen (secondary N) is 2. The molecule has 1 aromatic heterocycles. The smallest absolute Gasteiger partial charge is 0.380 e. The molecule has 0 saturated carbocycles. The van der Waals surface area contributed by atoms with Gasteiger partial charge in [-0.1, -0.05) is 17.7 Å². The van der Waals surface area contributed by atoms with Crippen LogP contribution < -0.4 is 10.6 Å². The van der Waals surface area contributed by atoms with Crippen LogP contribution in [0.15, 0.2) is 36.5 Å². The van der Waals surface area contributed by atoms with E-state index in [9.17, 15) is 22.8 Å². The van der Waals surface area contributed by atoms with E-state index in [2.05, 4.69) is 15.6 Å². The third-order valence-corrected chi connectivity index (χ3v) is 6.11. The zero-order valence-corrected chi connectivity index (χ0v) is 19.2. The molecule has 2 unspecified atom stereocenters. The topological polar surface area (TPSA) is 74.3 Å². The van der Waals surface area contributed by atoms with Gasteiger partial charge >= 0.3 is 6.18 Å². The van der Waals surface area contributed by atoms with Gasteiger partial charge in [0, 0.05) is 24.5 Å². The molecule has 1 aliphatic heterocycles. The van der Waals surface area contributed by atoms with Crippen LogP contribution in [0.2, 0.25) is 5.02 Å². The fourth-order valence-electron chi connectivity index (χ4n) is 4.33. The van der Waals surface area contributed by atoms with Gasteiger partial charge in [-0.05, 0) is 54.7 Å². The number of rotatable bonds is 5. The number of hydrogen-bond donors (Lipinski definition) is 2. The number of carbonyl (C=O) groups is 2. The summed E-state index contributed by atoms with van der Waals surface area (Å²) in [7, 11) is 1.08. The zero-order chi connectivity index (χ0) is 23.0. The molecule has 2 aromatic rings. The predicted molar refractivity (Wildman–Crippen MR) is 120 cm³/mol. The first-order valence-electron chi connectivity index (χ1n) is 10.2. The number of fused-ring (bicyclic) bond motifs is 1. The second-order valence-electron chi connectivity index (χ2n) is 8.19. The van der Waals surface area contributed by atoms with Gasteiger partial charge in [-0.3, -0.25) is 14.6 Å². The molecule has 0 bridgehead atoms. The summed E-state index contributed by atoms with van der Waals surface area (Å²) in [5, 5.41) is 6.39. The average Bonchev–Trinajstić information content (AvgIpc) is 3.33. The summed E-state index contributed by atoms with van der Waals surface area (Å²) in [5.41, 5.74) is 2.64. The van der Waals surface area contributed by atoms with Gasteiger partial charge in [-0.2, -0.15) is 13.2 Å². The van der Waals surface area contributed by atoms with Crippen LogP contribution in [0.5, 0.6) is 0 Å². The van der Waals surface area contributed by atoms with Crippen LogP contribution in [0.4, 0.5) is 18.9 Å². The molecule has 11 heteroatoms. The molecule has 2 aliphatic rings. The largest absolute Gasteiger partial charge is 0.414 e. The van der Waals surface area contributed by atoms with E-state index in [0.29, 0.717) is 15.6 Å². The SMILES string of the molecule is CN(C(=O)C1CCC(=O)N1)[C@@H](c1ccc(NC2Cc3ccc(Cl)cc3C2)cn1)C(F)(F)F.Cl. The molecule has 1 aromatic carbocycles. The fourth-order valence-corrected chi connectivity index (χ4v) is 4.53. The molecule has 3 atom stereocenters. The first kappa shape index (κ1) is 25.1. The third kappa shape index (κ3) is 5.52. The minimum atomic E-state index is -4.72. The molecular formula is C22H23Cl2F3N4O2. The number of pyridine rings is 1. The fraction of sp³-hybridized carbons (Fsp3) is 0.409. The van der Waals surface area contributed by atoms with Crippen molar-refractivity contribution < 1.29 is 22.8 Å². The summed E-state index contributed by atoms with van der Waals surface area (Å²) in [6, 6.07) is 5.48. The summed E-state index contributed by atoms with van der Waals surface area (Å²) >= 11 is 6.04. The highest BCUT2D eigenvalue weighted by atomic mass is 35.5. The highest BCUT2D eigenvalue weighted by molar-refractivity contribution is 6.30. The normalized spacial score (nSPS) is 20.5. The molecule has 0 spiro atoms. The number of hydrogen-bond acceptors (Lipinski definition) is 4. The van der Waals surface area contributed by atoms with E-state index < -0.39 is 24.2 Å². The molecule has 1 fully saturated rings. The van der Waals surface area contributed by atoms with Gasteiger partial charge < -0.3 is 15.5 Å². The number of likely N-dealkylation sites (N-methyl/N-ethyl adjacent to an activating group) is 1. The van der Waals surface area contributed by atoms with Crippen molar-refractivity contribution in [2.24, 2.45) is 0 Å².